The number of rotatable bonds is 4. The van der Waals surface area contributed by atoms with Gasteiger partial charge >= 0.3 is 0 Å². The number of imidazole rings is 1. The van der Waals surface area contributed by atoms with Crippen LogP contribution in [0.1, 0.15) is 0 Å². The van der Waals surface area contributed by atoms with Crippen LogP contribution in [-0.4, -0.2) is 33.7 Å². The van der Waals surface area contributed by atoms with Crippen LogP contribution in [0.3, 0.4) is 0 Å². The molecule has 3 aromatic heterocycles. The normalized spacial score (nSPS) is 11.1. The van der Waals surface area contributed by atoms with Gasteiger partial charge in [-0.25, -0.2) is 4.98 Å². The summed E-state index contributed by atoms with van der Waals surface area (Å²) >= 11 is 6.94. The maximum Gasteiger partial charge on any atom is 0.206 e. The van der Waals surface area contributed by atoms with E-state index >= 15 is 0 Å². The first-order valence-corrected chi connectivity index (χ1v) is 9.51. The number of hydrogen-bond donors (Lipinski definition) is 2. The average molecular weight is 493 g/mol. The van der Waals surface area contributed by atoms with Crippen molar-refractivity contribution < 1.29 is 9.47 Å². The number of nitrogens with zero attached hydrogens (tertiary/aromatic N) is 3. The van der Waals surface area contributed by atoms with Crippen LogP contribution in [0.5, 0.6) is 11.5 Å². The first-order valence-electron chi connectivity index (χ1n) is 7.93. The second-order valence-corrected chi connectivity index (χ2v) is 7.36. The Labute approximate surface area is 171 Å². The summed E-state index contributed by atoms with van der Waals surface area (Å²) in [6.07, 6.45) is 1.73. The largest absolute Gasteiger partial charge is 0.493 e. The zero-order valence-electron chi connectivity index (χ0n) is 14.5. The Kier molecular flexibility index (Phi) is 4.56. The Bertz CT molecular complexity index is 1130. The predicted octanol–water partition coefficient (Wildman–Crippen LogP) is 4.54. The second kappa shape index (κ2) is 6.90. The zero-order valence-corrected chi connectivity index (χ0v) is 17.6. The number of aromatic nitrogens is 4. The summed E-state index contributed by atoms with van der Waals surface area (Å²) < 4.78 is 14.3. The molecule has 0 amide bonds. The third-order valence-electron chi connectivity index (χ3n) is 4.20. The van der Waals surface area contributed by atoms with Gasteiger partial charge in [-0.1, -0.05) is 0 Å². The quantitative estimate of drug-likeness (QED) is 0.436. The van der Waals surface area contributed by atoms with Crippen LogP contribution in [0.4, 0.5) is 5.95 Å². The Hall–Kier alpha value is -2.52. The van der Waals surface area contributed by atoms with Crippen LogP contribution >= 0.6 is 31.9 Å². The molecule has 9 heteroatoms. The molecule has 0 saturated heterocycles. The minimum Gasteiger partial charge on any atom is -0.493 e. The minimum absolute atomic E-state index is 0.358. The molecule has 3 N–H and O–H groups in total. The Morgan fingerprint density at radius 1 is 1.07 bits per heavy atom. The van der Waals surface area contributed by atoms with E-state index in [0.717, 1.165) is 26.0 Å². The molecule has 0 spiro atoms. The molecule has 0 atom stereocenters. The molecule has 0 aliphatic heterocycles. The van der Waals surface area contributed by atoms with Gasteiger partial charge in [0.1, 0.15) is 11.2 Å². The number of ether oxygens (including phenoxy) is 2. The molecule has 0 unspecified atom stereocenters. The van der Waals surface area contributed by atoms with E-state index in [4.69, 9.17) is 15.2 Å². The minimum atomic E-state index is 0.358. The number of nitrogen functional groups attached to an aromatic ring is 1. The molecule has 27 heavy (non-hydrogen) atoms. The van der Waals surface area contributed by atoms with Crippen molar-refractivity contribution in [3.63, 3.8) is 0 Å². The molecule has 4 aromatic rings. The Balaban J connectivity index is 1.93. The maximum absolute atomic E-state index is 6.25. The van der Waals surface area contributed by atoms with E-state index < -0.39 is 0 Å². The number of halogens is 2. The van der Waals surface area contributed by atoms with Crippen molar-refractivity contribution in [1.82, 2.24) is 19.5 Å². The van der Waals surface area contributed by atoms with Gasteiger partial charge in [-0.05, 0) is 56.1 Å². The van der Waals surface area contributed by atoms with E-state index in [2.05, 4.69) is 46.8 Å². The molecule has 7 nitrogen and oxygen atoms in total. The highest BCUT2D eigenvalue weighted by Crippen LogP contribution is 2.35. The van der Waals surface area contributed by atoms with Crippen molar-refractivity contribution in [3.8, 4) is 28.6 Å². The standard InChI is InChI=1S/C18H15Br2N5O2/c1-26-13-4-3-9(7-14(13)27-2)25-12-5-6-22-15(16(12)24-18(25)21)11-8-10(19)17(20)23-11/h3-8,23H,1-2H3,(H2,21,24). The number of pyridine rings is 1. The van der Waals surface area contributed by atoms with E-state index in [-0.39, 0.29) is 0 Å². The monoisotopic (exact) mass is 491 g/mol. The second-order valence-electron chi connectivity index (χ2n) is 5.72. The van der Waals surface area contributed by atoms with E-state index in [1.54, 1.807) is 20.4 Å². The lowest BCUT2D eigenvalue weighted by Crippen LogP contribution is -2.01. The fourth-order valence-electron chi connectivity index (χ4n) is 2.99. The Morgan fingerprint density at radius 2 is 1.85 bits per heavy atom. The Morgan fingerprint density at radius 3 is 2.52 bits per heavy atom. The van der Waals surface area contributed by atoms with Gasteiger partial charge in [-0.15, -0.1) is 0 Å². The van der Waals surface area contributed by atoms with Crippen molar-refractivity contribution in [1.29, 1.82) is 0 Å². The number of hydrogen-bond acceptors (Lipinski definition) is 5. The summed E-state index contributed by atoms with van der Waals surface area (Å²) in [4.78, 5) is 12.3. The third kappa shape index (κ3) is 2.96. The van der Waals surface area contributed by atoms with Crippen LogP contribution in [0.15, 0.2) is 45.6 Å². The zero-order chi connectivity index (χ0) is 19.1. The fraction of sp³-hybridized carbons (Fsp3) is 0.111. The van der Waals surface area contributed by atoms with E-state index in [0.29, 0.717) is 28.7 Å². The molecule has 0 aliphatic rings. The van der Waals surface area contributed by atoms with Gasteiger partial charge in [0.2, 0.25) is 5.95 Å². The summed E-state index contributed by atoms with van der Waals surface area (Å²) in [5, 5.41) is 0. The number of anilines is 1. The van der Waals surface area contributed by atoms with Crippen LogP contribution in [0.25, 0.3) is 28.1 Å². The molecule has 0 saturated carbocycles. The van der Waals surface area contributed by atoms with Crippen molar-refractivity contribution in [2.75, 3.05) is 20.0 Å². The van der Waals surface area contributed by atoms with Gasteiger partial charge in [-0.3, -0.25) is 9.55 Å². The molecule has 3 heterocycles. The first-order chi connectivity index (χ1) is 13.0. The lowest BCUT2D eigenvalue weighted by Gasteiger charge is -2.11. The fourth-order valence-corrected chi connectivity index (χ4v) is 3.64. The maximum atomic E-state index is 6.25. The highest BCUT2D eigenvalue weighted by molar-refractivity contribution is 9.13. The van der Waals surface area contributed by atoms with Gasteiger partial charge in [0.05, 0.1) is 40.2 Å². The third-order valence-corrected chi connectivity index (χ3v) is 5.99. The SMILES string of the molecule is COc1ccc(-n2c(N)nc3c(-c4cc(Br)c(Br)[nH]4)nccc32)cc1OC. The van der Waals surface area contributed by atoms with Gasteiger partial charge < -0.3 is 20.2 Å². The average Bonchev–Trinajstić information content (AvgIpc) is 3.19. The summed E-state index contributed by atoms with van der Waals surface area (Å²) in [6.45, 7) is 0. The van der Waals surface area contributed by atoms with Crippen LogP contribution in [0, 0.1) is 0 Å². The summed E-state index contributed by atoms with van der Waals surface area (Å²) in [6, 6.07) is 9.42. The lowest BCUT2D eigenvalue weighted by molar-refractivity contribution is 0.355. The molecular weight excluding hydrogens is 478 g/mol. The molecule has 0 aliphatic carbocycles. The summed E-state index contributed by atoms with van der Waals surface area (Å²) in [5.74, 6) is 1.62. The topological polar surface area (TPSA) is 91.0 Å². The number of fused-ring (bicyclic) bond motifs is 1. The van der Waals surface area contributed by atoms with Crippen molar-refractivity contribution in [3.05, 3.63) is 45.6 Å². The van der Waals surface area contributed by atoms with Gasteiger partial charge in [0.25, 0.3) is 0 Å². The molecule has 1 aromatic carbocycles. The molecule has 0 fully saturated rings. The first kappa shape index (κ1) is 17.9. The van der Waals surface area contributed by atoms with E-state index in [1.165, 1.54) is 0 Å². The van der Waals surface area contributed by atoms with Crippen molar-refractivity contribution in [2.45, 2.75) is 0 Å². The molecule has 4 rings (SSSR count). The van der Waals surface area contributed by atoms with Crippen LogP contribution in [0.2, 0.25) is 0 Å². The molecule has 0 radical (unpaired) electrons. The lowest BCUT2D eigenvalue weighted by atomic mass is 10.2. The van der Waals surface area contributed by atoms with Crippen molar-refractivity contribution >= 4 is 48.8 Å². The van der Waals surface area contributed by atoms with Gasteiger partial charge in [0, 0.05) is 12.3 Å². The number of H-pyrrole nitrogens is 1. The van der Waals surface area contributed by atoms with Crippen LogP contribution < -0.4 is 15.2 Å². The summed E-state index contributed by atoms with van der Waals surface area (Å²) in [5.41, 5.74) is 10.2. The number of aromatic amines is 1. The van der Waals surface area contributed by atoms with Gasteiger partial charge in [-0.2, -0.15) is 0 Å². The molecule has 0 bridgehead atoms. The van der Waals surface area contributed by atoms with Crippen LogP contribution in [-0.2, 0) is 0 Å². The smallest absolute Gasteiger partial charge is 0.206 e. The highest BCUT2D eigenvalue weighted by atomic mass is 79.9. The van der Waals surface area contributed by atoms with Crippen molar-refractivity contribution in [2.24, 2.45) is 0 Å². The van der Waals surface area contributed by atoms with E-state index in [9.17, 15) is 0 Å². The number of methoxy groups -OCH3 is 2. The summed E-state index contributed by atoms with van der Waals surface area (Å²) in [7, 11) is 3.20. The van der Waals surface area contributed by atoms with Gasteiger partial charge in [0.15, 0.2) is 11.5 Å². The molecular formula is C18H15Br2N5O2. The number of nitrogens with two attached hydrogens (primary N) is 1. The van der Waals surface area contributed by atoms with E-state index in [1.807, 2.05) is 34.9 Å². The highest BCUT2D eigenvalue weighted by Gasteiger charge is 2.18. The molecule has 138 valence electrons. The number of benzene rings is 1. The number of nitrogens with one attached hydrogen (secondary N) is 1. The predicted molar refractivity (Wildman–Crippen MR) is 112 cm³/mol.